The maximum Gasteiger partial charge on any atom is 0.128 e. The topological polar surface area (TPSA) is 29.5 Å². The van der Waals surface area contributed by atoms with Crippen molar-refractivity contribution in [3.8, 4) is 5.75 Å². The van der Waals surface area contributed by atoms with E-state index < -0.39 is 5.60 Å². The lowest BCUT2D eigenvalue weighted by Gasteiger charge is -2.23. The molecular formula is C13H20O2. The van der Waals surface area contributed by atoms with E-state index >= 15 is 0 Å². The molecule has 2 nitrogen and oxygen atoms in total. The molecule has 0 unspecified atom stereocenters. The maximum atomic E-state index is 10.0. The molecule has 84 valence electrons. The molecule has 2 heteroatoms. The number of para-hydroxylation sites is 1. The van der Waals surface area contributed by atoms with Crippen LogP contribution in [0.5, 0.6) is 5.75 Å². The molecule has 0 aliphatic heterocycles. The molecule has 0 spiro atoms. The molecule has 1 N–H and O–H groups in total. The lowest BCUT2D eigenvalue weighted by atomic mass is 9.94. The molecule has 0 aromatic heterocycles. The van der Waals surface area contributed by atoms with Crippen LogP contribution in [0.1, 0.15) is 38.8 Å². The SMILES string of the molecule is CCOc1c(CC)cccc1C(C)(C)O. The van der Waals surface area contributed by atoms with Crippen LogP contribution in [-0.2, 0) is 12.0 Å². The summed E-state index contributed by atoms with van der Waals surface area (Å²) in [7, 11) is 0. The Morgan fingerprint density at radius 2 is 1.93 bits per heavy atom. The second kappa shape index (κ2) is 4.67. The molecule has 0 fully saturated rings. The predicted molar refractivity (Wildman–Crippen MR) is 62.2 cm³/mol. The normalized spacial score (nSPS) is 11.5. The third-order valence-corrected chi connectivity index (χ3v) is 2.43. The summed E-state index contributed by atoms with van der Waals surface area (Å²) < 4.78 is 5.63. The Labute approximate surface area is 91.9 Å². The van der Waals surface area contributed by atoms with Crippen molar-refractivity contribution < 1.29 is 9.84 Å². The van der Waals surface area contributed by atoms with Gasteiger partial charge in [0.25, 0.3) is 0 Å². The molecule has 0 amide bonds. The lowest BCUT2D eigenvalue weighted by molar-refractivity contribution is 0.0748. The minimum Gasteiger partial charge on any atom is -0.493 e. The highest BCUT2D eigenvalue weighted by Crippen LogP contribution is 2.32. The van der Waals surface area contributed by atoms with Gasteiger partial charge in [-0.25, -0.2) is 0 Å². The quantitative estimate of drug-likeness (QED) is 0.824. The van der Waals surface area contributed by atoms with E-state index in [2.05, 4.69) is 6.92 Å². The standard InChI is InChI=1S/C13H20O2/c1-5-10-8-7-9-11(13(3,4)14)12(10)15-6-2/h7-9,14H,5-6H2,1-4H3. The first kappa shape index (κ1) is 12.1. The number of aryl methyl sites for hydroxylation is 1. The van der Waals surface area contributed by atoms with Crippen molar-refractivity contribution in [2.75, 3.05) is 6.61 Å². The van der Waals surface area contributed by atoms with Gasteiger partial charge in [-0.2, -0.15) is 0 Å². The highest BCUT2D eigenvalue weighted by atomic mass is 16.5. The smallest absolute Gasteiger partial charge is 0.128 e. The van der Waals surface area contributed by atoms with E-state index in [0.717, 1.165) is 23.3 Å². The van der Waals surface area contributed by atoms with Crippen LogP contribution in [-0.4, -0.2) is 11.7 Å². The van der Waals surface area contributed by atoms with Crippen molar-refractivity contribution in [3.05, 3.63) is 29.3 Å². The molecule has 1 rings (SSSR count). The van der Waals surface area contributed by atoms with Gasteiger partial charge in [-0.1, -0.05) is 25.1 Å². The Balaban J connectivity index is 3.25. The second-order valence-corrected chi connectivity index (χ2v) is 4.14. The van der Waals surface area contributed by atoms with E-state index in [4.69, 9.17) is 4.74 Å². The summed E-state index contributed by atoms with van der Waals surface area (Å²) in [5, 5.41) is 10.0. The van der Waals surface area contributed by atoms with Gasteiger partial charge in [-0.3, -0.25) is 0 Å². The zero-order valence-electron chi connectivity index (χ0n) is 10.0. The van der Waals surface area contributed by atoms with Gasteiger partial charge in [0, 0.05) is 5.56 Å². The van der Waals surface area contributed by atoms with Crippen LogP contribution in [0.2, 0.25) is 0 Å². The fraction of sp³-hybridized carbons (Fsp3) is 0.538. The molecule has 0 aliphatic rings. The molecule has 1 aromatic rings. The molecule has 0 saturated heterocycles. The average molecular weight is 208 g/mol. The van der Waals surface area contributed by atoms with Crippen LogP contribution < -0.4 is 4.74 Å². The highest BCUT2D eigenvalue weighted by molar-refractivity contribution is 5.44. The molecule has 0 saturated carbocycles. The van der Waals surface area contributed by atoms with E-state index in [1.54, 1.807) is 13.8 Å². The van der Waals surface area contributed by atoms with E-state index in [1.807, 2.05) is 25.1 Å². The number of hydrogen-bond donors (Lipinski definition) is 1. The van der Waals surface area contributed by atoms with Crippen molar-refractivity contribution in [1.29, 1.82) is 0 Å². The molecule has 0 radical (unpaired) electrons. The van der Waals surface area contributed by atoms with Crippen LogP contribution in [0.3, 0.4) is 0 Å². The Bertz CT molecular complexity index is 324. The molecule has 15 heavy (non-hydrogen) atoms. The van der Waals surface area contributed by atoms with Gasteiger partial charge in [-0.05, 0) is 32.8 Å². The number of rotatable bonds is 4. The number of benzene rings is 1. The number of aliphatic hydroxyl groups is 1. The van der Waals surface area contributed by atoms with Gasteiger partial charge in [-0.15, -0.1) is 0 Å². The van der Waals surface area contributed by atoms with Gasteiger partial charge >= 0.3 is 0 Å². The molecule has 0 aliphatic carbocycles. The largest absolute Gasteiger partial charge is 0.493 e. The van der Waals surface area contributed by atoms with Crippen LogP contribution in [0, 0.1) is 0 Å². The van der Waals surface area contributed by atoms with Crippen LogP contribution >= 0.6 is 0 Å². The third kappa shape index (κ3) is 2.72. The van der Waals surface area contributed by atoms with Crippen molar-refractivity contribution in [2.45, 2.75) is 39.7 Å². The van der Waals surface area contributed by atoms with Crippen LogP contribution in [0.4, 0.5) is 0 Å². The molecular weight excluding hydrogens is 188 g/mol. The van der Waals surface area contributed by atoms with Crippen molar-refractivity contribution in [2.24, 2.45) is 0 Å². The summed E-state index contributed by atoms with van der Waals surface area (Å²) in [5.41, 5.74) is 1.16. The zero-order valence-corrected chi connectivity index (χ0v) is 10.0. The van der Waals surface area contributed by atoms with E-state index in [9.17, 15) is 5.11 Å². The van der Waals surface area contributed by atoms with Gasteiger partial charge in [0.2, 0.25) is 0 Å². The van der Waals surface area contributed by atoms with Crippen molar-refractivity contribution in [3.63, 3.8) is 0 Å². The molecule has 0 heterocycles. The fourth-order valence-electron chi connectivity index (χ4n) is 1.66. The molecule has 0 bridgehead atoms. The van der Waals surface area contributed by atoms with Gasteiger partial charge < -0.3 is 9.84 Å². The third-order valence-electron chi connectivity index (χ3n) is 2.43. The predicted octanol–water partition coefficient (Wildman–Crippen LogP) is 2.88. The highest BCUT2D eigenvalue weighted by Gasteiger charge is 2.22. The van der Waals surface area contributed by atoms with Gasteiger partial charge in [0.1, 0.15) is 5.75 Å². The van der Waals surface area contributed by atoms with Gasteiger partial charge in [0.05, 0.1) is 12.2 Å². The zero-order chi connectivity index (χ0) is 11.5. The summed E-state index contributed by atoms with van der Waals surface area (Å²) in [6, 6.07) is 5.93. The second-order valence-electron chi connectivity index (χ2n) is 4.14. The summed E-state index contributed by atoms with van der Waals surface area (Å²) in [5.74, 6) is 0.843. The number of ether oxygens (including phenoxy) is 1. The maximum absolute atomic E-state index is 10.0. The summed E-state index contributed by atoms with van der Waals surface area (Å²) in [4.78, 5) is 0. The van der Waals surface area contributed by atoms with Crippen molar-refractivity contribution in [1.82, 2.24) is 0 Å². The first-order valence-electron chi connectivity index (χ1n) is 5.48. The Morgan fingerprint density at radius 3 is 2.40 bits per heavy atom. The number of hydrogen-bond acceptors (Lipinski definition) is 2. The average Bonchev–Trinajstić information content (AvgIpc) is 2.17. The Hall–Kier alpha value is -1.02. The van der Waals surface area contributed by atoms with Crippen LogP contribution in [0.25, 0.3) is 0 Å². The summed E-state index contributed by atoms with van der Waals surface area (Å²) >= 11 is 0. The minimum absolute atomic E-state index is 0.625. The van der Waals surface area contributed by atoms with E-state index in [-0.39, 0.29) is 0 Å². The fourth-order valence-corrected chi connectivity index (χ4v) is 1.66. The monoisotopic (exact) mass is 208 g/mol. The Kier molecular flexibility index (Phi) is 3.75. The van der Waals surface area contributed by atoms with E-state index in [1.165, 1.54) is 0 Å². The van der Waals surface area contributed by atoms with Gasteiger partial charge in [0.15, 0.2) is 0 Å². The van der Waals surface area contributed by atoms with Crippen molar-refractivity contribution >= 4 is 0 Å². The summed E-state index contributed by atoms with van der Waals surface area (Å²) in [6.45, 7) is 8.24. The molecule has 0 atom stereocenters. The summed E-state index contributed by atoms with van der Waals surface area (Å²) in [6.07, 6.45) is 0.916. The minimum atomic E-state index is -0.852. The van der Waals surface area contributed by atoms with E-state index in [0.29, 0.717) is 6.61 Å². The first-order valence-corrected chi connectivity index (χ1v) is 5.48. The first-order chi connectivity index (χ1) is 7.00. The Morgan fingerprint density at radius 1 is 1.27 bits per heavy atom. The van der Waals surface area contributed by atoms with Crippen LogP contribution in [0.15, 0.2) is 18.2 Å². The lowest BCUT2D eigenvalue weighted by Crippen LogP contribution is -2.18. The molecule has 1 aromatic carbocycles.